The number of hydrogen-bond acceptors (Lipinski definition) is 4. The fourth-order valence-corrected chi connectivity index (χ4v) is 1.40. The molecule has 0 atom stereocenters. The molecule has 1 N–H and O–H groups in total. The zero-order valence-electron chi connectivity index (χ0n) is 8.90. The number of ether oxygens (including phenoxy) is 1. The number of nitrogens with zero attached hydrogens (tertiary/aromatic N) is 1. The summed E-state index contributed by atoms with van der Waals surface area (Å²) in [5.41, 5.74) is 0.764. The van der Waals surface area contributed by atoms with Crippen molar-refractivity contribution in [2.75, 3.05) is 20.3 Å². The second kappa shape index (κ2) is 6.42. The molecule has 0 aliphatic rings. The molecule has 0 unspecified atom stereocenters. The predicted octanol–water partition coefficient (Wildman–Crippen LogP) is 1.98. The molecular formula is C10H13ClN2O3. The largest absolute Gasteiger partial charge is 0.383 e. The monoisotopic (exact) mass is 244 g/mol. The fraction of sp³-hybridized carbons (Fsp3) is 0.400. The highest BCUT2D eigenvalue weighted by atomic mass is 35.5. The summed E-state index contributed by atoms with van der Waals surface area (Å²) in [5.74, 6) is 0. The van der Waals surface area contributed by atoms with E-state index in [1.54, 1.807) is 13.2 Å². The first-order valence-corrected chi connectivity index (χ1v) is 5.15. The minimum Gasteiger partial charge on any atom is -0.383 e. The van der Waals surface area contributed by atoms with Crippen LogP contribution in [0.4, 0.5) is 5.69 Å². The van der Waals surface area contributed by atoms with Crippen LogP contribution in [0, 0.1) is 10.1 Å². The molecule has 1 rings (SSSR count). The molecule has 0 saturated carbocycles. The Bertz CT molecular complexity index is 371. The van der Waals surface area contributed by atoms with Gasteiger partial charge in [-0.3, -0.25) is 10.1 Å². The van der Waals surface area contributed by atoms with E-state index in [1.165, 1.54) is 12.1 Å². The Kier molecular flexibility index (Phi) is 5.18. The third-order valence-corrected chi connectivity index (χ3v) is 2.34. The first-order valence-electron chi connectivity index (χ1n) is 4.77. The van der Waals surface area contributed by atoms with Crippen molar-refractivity contribution in [1.82, 2.24) is 5.32 Å². The Labute approximate surface area is 98.5 Å². The summed E-state index contributed by atoms with van der Waals surface area (Å²) >= 11 is 5.69. The molecule has 88 valence electrons. The topological polar surface area (TPSA) is 64.4 Å². The molecule has 0 amide bonds. The lowest BCUT2D eigenvalue weighted by Gasteiger charge is -2.04. The number of rotatable bonds is 6. The predicted molar refractivity (Wildman–Crippen MR) is 61.7 cm³/mol. The zero-order valence-corrected chi connectivity index (χ0v) is 9.66. The maximum absolute atomic E-state index is 10.6. The Balaban J connectivity index is 2.61. The van der Waals surface area contributed by atoms with E-state index in [9.17, 15) is 10.1 Å². The van der Waals surface area contributed by atoms with Crippen molar-refractivity contribution in [3.05, 3.63) is 38.9 Å². The minimum absolute atomic E-state index is 0.0623. The molecule has 1 aromatic rings. The molecule has 0 bridgehead atoms. The molecule has 1 aromatic carbocycles. The second-order valence-electron chi connectivity index (χ2n) is 3.21. The van der Waals surface area contributed by atoms with Gasteiger partial charge in [0.1, 0.15) is 5.02 Å². The summed E-state index contributed by atoms with van der Waals surface area (Å²) in [6, 6.07) is 4.77. The smallest absolute Gasteiger partial charge is 0.288 e. The van der Waals surface area contributed by atoms with E-state index >= 15 is 0 Å². The van der Waals surface area contributed by atoms with E-state index in [4.69, 9.17) is 16.3 Å². The van der Waals surface area contributed by atoms with Gasteiger partial charge in [-0.2, -0.15) is 0 Å². The van der Waals surface area contributed by atoms with Gasteiger partial charge in [0.2, 0.25) is 0 Å². The van der Waals surface area contributed by atoms with Gasteiger partial charge in [0.05, 0.1) is 11.5 Å². The molecule has 0 aliphatic heterocycles. The summed E-state index contributed by atoms with van der Waals surface area (Å²) in [5, 5.41) is 13.9. The zero-order chi connectivity index (χ0) is 12.0. The van der Waals surface area contributed by atoms with Gasteiger partial charge in [0.15, 0.2) is 0 Å². The van der Waals surface area contributed by atoms with Gasteiger partial charge in [-0.1, -0.05) is 17.7 Å². The highest BCUT2D eigenvalue weighted by Gasteiger charge is 2.12. The summed E-state index contributed by atoms with van der Waals surface area (Å²) < 4.78 is 4.87. The van der Waals surface area contributed by atoms with Crippen LogP contribution in [0.25, 0.3) is 0 Å². The third kappa shape index (κ3) is 3.77. The Morgan fingerprint density at radius 3 is 2.94 bits per heavy atom. The highest BCUT2D eigenvalue weighted by Crippen LogP contribution is 2.24. The summed E-state index contributed by atoms with van der Waals surface area (Å²) in [4.78, 5) is 10.1. The first kappa shape index (κ1) is 12.9. The maximum Gasteiger partial charge on any atom is 0.288 e. The number of hydrogen-bond donors (Lipinski definition) is 1. The average Bonchev–Trinajstić information content (AvgIpc) is 2.26. The van der Waals surface area contributed by atoms with Crippen molar-refractivity contribution in [1.29, 1.82) is 0 Å². The van der Waals surface area contributed by atoms with Gasteiger partial charge >= 0.3 is 0 Å². The van der Waals surface area contributed by atoms with E-state index in [0.717, 1.165) is 5.56 Å². The van der Waals surface area contributed by atoms with Crippen LogP contribution in [0.1, 0.15) is 5.56 Å². The van der Waals surface area contributed by atoms with Gasteiger partial charge in [-0.05, 0) is 11.6 Å². The lowest BCUT2D eigenvalue weighted by molar-refractivity contribution is -0.384. The maximum atomic E-state index is 10.6. The molecule has 0 aromatic heterocycles. The SMILES string of the molecule is COCCNCc1ccc(Cl)c([N+](=O)[O-])c1. The van der Waals surface area contributed by atoms with Crippen molar-refractivity contribution in [2.24, 2.45) is 0 Å². The first-order chi connectivity index (χ1) is 7.65. The molecular weight excluding hydrogens is 232 g/mol. The van der Waals surface area contributed by atoms with Gasteiger partial charge < -0.3 is 10.1 Å². The lowest BCUT2D eigenvalue weighted by Crippen LogP contribution is -2.18. The molecule has 0 spiro atoms. The Morgan fingerprint density at radius 2 is 2.31 bits per heavy atom. The lowest BCUT2D eigenvalue weighted by atomic mass is 10.2. The normalized spacial score (nSPS) is 10.4. The van der Waals surface area contributed by atoms with Crippen LogP contribution in [-0.2, 0) is 11.3 Å². The number of nitro benzene ring substituents is 1. The van der Waals surface area contributed by atoms with Crippen molar-refractivity contribution < 1.29 is 9.66 Å². The molecule has 0 heterocycles. The van der Waals surface area contributed by atoms with E-state index in [0.29, 0.717) is 19.7 Å². The third-order valence-electron chi connectivity index (χ3n) is 2.02. The van der Waals surface area contributed by atoms with Crippen molar-refractivity contribution in [2.45, 2.75) is 6.54 Å². The van der Waals surface area contributed by atoms with Crippen LogP contribution in [0.2, 0.25) is 5.02 Å². The second-order valence-corrected chi connectivity index (χ2v) is 3.62. The molecule has 0 radical (unpaired) electrons. The number of nitro groups is 1. The molecule has 0 saturated heterocycles. The van der Waals surface area contributed by atoms with E-state index in [-0.39, 0.29) is 10.7 Å². The molecule has 6 heteroatoms. The van der Waals surface area contributed by atoms with E-state index < -0.39 is 4.92 Å². The summed E-state index contributed by atoms with van der Waals surface area (Å²) in [6.45, 7) is 1.87. The van der Waals surface area contributed by atoms with Gasteiger partial charge in [-0.15, -0.1) is 0 Å². The van der Waals surface area contributed by atoms with Crippen LogP contribution in [-0.4, -0.2) is 25.2 Å². The fourth-order valence-electron chi connectivity index (χ4n) is 1.22. The van der Waals surface area contributed by atoms with Crippen molar-refractivity contribution >= 4 is 17.3 Å². The van der Waals surface area contributed by atoms with Crippen LogP contribution >= 0.6 is 11.6 Å². The molecule has 0 aliphatic carbocycles. The molecule has 0 fully saturated rings. The average molecular weight is 245 g/mol. The highest BCUT2D eigenvalue weighted by molar-refractivity contribution is 6.32. The van der Waals surface area contributed by atoms with Gasteiger partial charge in [0, 0.05) is 26.3 Å². The summed E-state index contributed by atoms with van der Waals surface area (Å²) in [6.07, 6.45) is 0. The van der Waals surface area contributed by atoms with Crippen LogP contribution < -0.4 is 5.32 Å². The van der Waals surface area contributed by atoms with Crippen LogP contribution in [0.3, 0.4) is 0 Å². The van der Waals surface area contributed by atoms with Crippen LogP contribution in [0.5, 0.6) is 0 Å². The minimum atomic E-state index is -0.485. The number of methoxy groups -OCH3 is 1. The van der Waals surface area contributed by atoms with Gasteiger partial charge in [0.25, 0.3) is 5.69 Å². The molecule has 5 nitrogen and oxygen atoms in total. The number of benzene rings is 1. The number of halogens is 1. The quantitative estimate of drug-likeness (QED) is 0.472. The Hall–Kier alpha value is -1.17. The van der Waals surface area contributed by atoms with E-state index in [2.05, 4.69) is 5.32 Å². The molecule has 16 heavy (non-hydrogen) atoms. The van der Waals surface area contributed by atoms with Crippen molar-refractivity contribution in [3.8, 4) is 0 Å². The van der Waals surface area contributed by atoms with Crippen LogP contribution in [0.15, 0.2) is 18.2 Å². The Morgan fingerprint density at radius 1 is 1.56 bits per heavy atom. The van der Waals surface area contributed by atoms with E-state index in [1.807, 2.05) is 0 Å². The summed E-state index contributed by atoms with van der Waals surface area (Å²) in [7, 11) is 1.62. The van der Waals surface area contributed by atoms with Gasteiger partial charge in [-0.25, -0.2) is 0 Å². The number of nitrogens with one attached hydrogen (secondary N) is 1. The van der Waals surface area contributed by atoms with Crippen molar-refractivity contribution in [3.63, 3.8) is 0 Å². The standard InChI is InChI=1S/C10H13ClN2O3/c1-16-5-4-12-7-8-2-3-9(11)10(6-8)13(14)15/h2-3,6,12H,4-5,7H2,1H3.